The first-order valence-corrected chi connectivity index (χ1v) is 11.8. The van der Waals surface area contributed by atoms with Crippen molar-refractivity contribution >= 4 is 28.5 Å². The van der Waals surface area contributed by atoms with Crippen LogP contribution in [0.1, 0.15) is 46.6 Å². The van der Waals surface area contributed by atoms with Crippen LogP contribution < -0.4 is 10.2 Å². The highest BCUT2D eigenvalue weighted by atomic mass is 35.5. The van der Waals surface area contributed by atoms with Gasteiger partial charge >= 0.3 is 0 Å². The van der Waals surface area contributed by atoms with Crippen LogP contribution in [0.4, 0.5) is 0 Å². The van der Waals surface area contributed by atoms with Gasteiger partial charge in [-0.3, -0.25) is 9.59 Å². The Balaban J connectivity index is 1.63. The van der Waals surface area contributed by atoms with E-state index in [4.69, 9.17) is 20.8 Å². The molecule has 34 heavy (non-hydrogen) atoms. The van der Waals surface area contributed by atoms with Gasteiger partial charge in [0, 0.05) is 11.6 Å². The van der Waals surface area contributed by atoms with Gasteiger partial charge in [0.1, 0.15) is 11.3 Å². The third-order valence-electron chi connectivity index (χ3n) is 6.06. The summed E-state index contributed by atoms with van der Waals surface area (Å²) in [5, 5.41) is 0.809. The number of hydrogen-bond acceptors (Lipinski definition) is 4. The molecule has 2 heterocycles. The fraction of sp³-hybridized carbons (Fsp3) is 0.214. The average Bonchev–Trinajstić information content (AvgIpc) is 3.14. The molecule has 1 aromatic heterocycles. The van der Waals surface area contributed by atoms with Crippen molar-refractivity contribution in [2.75, 3.05) is 13.2 Å². The van der Waals surface area contributed by atoms with Crippen LogP contribution in [0.3, 0.4) is 0 Å². The second-order valence-electron chi connectivity index (χ2n) is 8.37. The highest BCUT2D eigenvalue weighted by Gasteiger charge is 2.42. The zero-order chi connectivity index (χ0) is 23.7. The highest BCUT2D eigenvalue weighted by Crippen LogP contribution is 2.39. The number of ether oxygens (including phenoxy) is 1. The number of hydrogen-bond donors (Lipinski definition) is 0. The maximum absolute atomic E-state index is 13.6. The third kappa shape index (κ3) is 4.08. The molecule has 1 aliphatic rings. The van der Waals surface area contributed by atoms with Crippen molar-refractivity contribution in [2.24, 2.45) is 0 Å². The maximum Gasteiger partial charge on any atom is 0.290 e. The molecule has 4 aromatic rings. The van der Waals surface area contributed by atoms with Crippen molar-refractivity contribution in [3.63, 3.8) is 0 Å². The number of carbonyl (C=O) groups excluding carboxylic acids is 1. The van der Waals surface area contributed by atoms with E-state index in [9.17, 15) is 9.59 Å². The molecule has 0 saturated carbocycles. The fourth-order valence-corrected chi connectivity index (χ4v) is 4.63. The van der Waals surface area contributed by atoms with Crippen LogP contribution in [0.25, 0.3) is 11.0 Å². The predicted octanol–water partition coefficient (Wildman–Crippen LogP) is 6.02. The number of fused-ring (bicyclic) bond motifs is 2. The zero-order valence-electron chi connectivity index (χ0n) is 18.8. The molecule has 0 unspecified atom stereocenters. The van der Waals surface area contributed by atoms with Gasteiger partial charge in [-0.1, -0.05) is 61.0 Å². The molecule has 6 heteroatoms. The zero-order valence-corrected chi connectivity index (χ0v) is 19.5. The molecule has 0 bridgehead atoms. The molecule has 5 rings (SSSR count). The quantitative estimate of drug-likeness (QED) is 0.329. The van der Waals surface area contributed by atoms with Gasteiger partial charge < -0.3 is 14.1 Å². The summed E-state index contributed by atoms with van der Waals surface area (Å²) < 4.78 is 11.8. The van der Waals surface area contributed by atoms with Crippen molar-refractivity contribution in [1.29, 1.82) is 0 Å². The van der Waals surface area contributed by atoms with Crippen molar-refractivity contribution in [3.05, 3.63) is 110 Å². The molecule has 1 atom stereocenters. The Hall–Kier alpha value is -3.57. The monoisotopic (exact) mass is 473 g/mol. The summed E-state index contributed by atoms with van der Waals surface area (Å²) in [5.41, 5.74) is 2.38. The molecule has 0 fully saturated rings. The minimum Gasteiger partial charge on any atom is -0.494 e. The molecule has 1 amide bonds. The van der Waals surface area contributed by atoms with Crippen LogP contribution >= 0.6 is 11.6 Å². The van der Waals surface area contributed by atoms with Gasteiger partial charge in [0.2, 0.25) is 5.76 Å². The molecule has 0 spiro atoms. The number of rotatable bonds is 7. The molecule has 1 aliphatic heterocycles. The molecule has 0 saturated heterocycles. The van der Waals surface area contributed by atoms with E-state index >= 15 is 0 Å². The van der Waals surface area contributed by atoms with Crippen molar-refractivity contribution in [1.82, 2.24) is 4.90 Å². The molecule has 3 aromatic carbocycles. The first kappa shape index (κ1) is 22.2. The molecule has 5 nitrogen and oxygen atoms in total. The Kier molecular flexibility index (Phi) is 6.12. The van der Waals surface area contributed by atoms with Crippen molar-refractivity contribution in [3.8, 4) is 5.75 Å². The third-order valence-corrected chi connectivity index (χ3v) is 6.29. The lowest BCUT2D eigenvalue weighted by molar-refractivity contribution is 0.0730. The van der Waals surface area contributed by atoms with E-state index in [0.717, 1.165) is 17.5 Å². The van der Waals surface area contributed by atoms with E-state index < -0.39 is 6.04 Å². The predicted molar refractivity (Wildman–Crippen MR) is 133 cm³/mol. The SMILES string of the molecule is CCCOc1cccc([C@H]2c3c(oc4ccc(Cl)cc4c3=O)C(=O)N2CCc2ccccc2)c1. The minimum atomic E-state index is -0.573. The molecular formula is C28H24ClNO4. The topological polar surface area (TPSA) is 59.8 Å². The minimum absolute atomic E-state index is 0.0952. The maximum atomic E-state index is 13.6. The average molecular weight is 474 g/mol. The Bertz CT molecular complexity index is 1410. The Morgan fingerprint density at radius 3 is 2.62 bits per heavy atom. The molecule has 172 valence electrons. The summed E-state index contributed by atoms with van der Waals surface area (Å²) in [5.74, 6) is 0.513. The van der Waals surface area contributed by atoms with Crippen LogP contribution in [-0.4, -0.2) is 24.0 Å². The number of amides is 1. The van der Waals surface area contributed by atoms with E-state index in [2.05, 4.69) is 0 Å². The van der Waals surface area contributed by atoms with Gasteiger partial charge in [-0.05, 0) is 54.3 Å². The summed E-state index contributed by atoms with van der Waals surface area (Å²) in [6, 6.07) is 21.9. The number of halogens is 1. The van der Waals surface area contributed by atoms with Gasteiger partial charge in [-0.15, -0.1) is 0 Å². The second kappa shape index (κ2) is 9.35. The summed E-state index contributed by atoms with van der Waals surface area (Å²) >= 11 is 6.16. The van der Waals surface area contributed by atoms with Crippen LogP contribution in [-0.2, 0) is 6.42 Å². The Morgan fingerprint density at radius 1 is 1.00 bits per heavy atom. The Morgan fingerprint density at radius 2 is 1.82 bits per heavy atom. The van der Waals surface area contributed by atoms with Crippen LogP contribution in [0.15, 0.2) is 82.0 Å². The van der Waals surface area contributed by atoms with E-state index in [1.54, 1.807) is 23.1 Å². The van der Waals surface area contributed by atoms with E-state index in [-0.39, 0.29) is 17.1 Å². The molecule has 0 aliphatic carbocycles. The fourth-order valence-electron chi connectivity index (χ4n) is 4.46. The molecule has 0 N–H and O–H groups in total. The molecular weight excluding hydrogens is 450 g/mol. The first-order chi connectivity index (χ1) is 16.6. The summed E-state index contributed by atoms with van der Waals surface area (Å²) in [4.78, 5) is 28.9. The van der Waals surface area contributed by atoms with Crippen LogP contribution in [0.5, 0.6) is 5.75 Å². The van der Waals surface area contributed by atoms with E-state index in [0.29, 0.717) is 46.9 Å². The van der Waals surface area contributed by atoms with E-state index in [1.165, 1.54) is 0 Å². The summed E-state index contributed by atoms with van der Waals surface area (Å²) in [6.45, 7) is 3.07. The standard InChI is InChI=1S/C28H24ClNO4/c1-2-15-33-21-10-6-9-19(16-21)25-24-26(31)22-17-20(29)11-12-23(22)34-27(24)28(32)30(25)14-13-18-7-4-3-5-8-18/h3-12,16-17,25H,2,13-15H2,1H3/t25-/m0/s1. The Labute approximate surface area is 202 Å². The smallest absolute Gasteiger partial charge is 0.290 e. The summed E-state index contributed by atoms with van der Waals surface area (Å²) in [7, 11) is 0. The normalized spacial score (nSPS) is 15.1. The number of carbonyl (C=O) groups is 1. The number of benzene rings is 3. The second-order valence-corrected chi connectivity index (χ2v) is 8.81. The highest BCUT2D eigenvalue weighted by molar-refractivity contribution is 6.31. The van der Waals surface area contributed by atoms with Crippen LogP contribution in [0, 0.1) is 0 Å². The lowest BCUT2D eigenvalue weighted by atomic mass is 9.98. The number of nitrogens with zero attached hydrogens (tertiary/aromatic N) is 1. The lowest BCUT2D eigenvalue weighted by Gasteiger charge is -2.25. The van der Waals surface area contributed by atoms with Gasteiger partial charge in [0.05, 0.1) is 23.6 Å². The van der Waals surface area contributed by atoms with Crippen molar-refractivity contribution < 1.29 is 13.9 Å². The van der Waals surface area contributed by atoms with Crippen LogP contribution in [0.2, 0.25) is 5.02 Å². The van der Waals surface area contributed by atoms with Gasteiger partial charge in [0.15, 0.2) is 5.43 Å². The van der Waals surface area contributed by atoms with E-state index in [1.807, 2.05) is 61.5 Å². The van der Waals surface area contributed by atoms with Crippen molar-refractivity contribution in [2.45, 2.75) is 25.8 Å². The molecule has 0 radical (unpaired) electrons. The lowest BCUT2D eigenvalue weighted by Crippen LogP contribution is -2.31. The van der Waals surface area contributed by atoms with Gasteiger partial charge in [-0.25, -0.2) is 0 Å². The van der Waals surface area contributed by atoms with Gasteiger partial charge in [0.25, 0.3) is 5.91 Å². The first-order valence-electron chi connectivity index (χ1n) is 11.4. The summed E-state index contributed by atoms with van der Waals surface area (Å²) in [6.07, 6.45) is 1.54. The largest absolute Gasteiger partial charge is 0.494 e. The van der Waals surface area contributed by atoms with Gasteiger partial charge in [-0.2, -0.15) is 0 Å².